The van der Waals surface area contributed by atoms with E-state index in [1.54, 1.807) is 6.20 Å². The summed E-state index contributed by atoms with van der Waals surface area (Å²) in [6.07, 6.45) is 4.10. The summed E-state index contributed by atoms with van der Waals surface area (Å²) in [5, 5.41) is 0.919. The van der Waals surface area contributed by atoms with Crippen molar-refractivity contribution in [3.63, 3.8) is 0 Å². The zero-order chi connectivity index (χ0) is 18.3. The number of pyridine rings is 2. The van der Waals surface area contributed by atoms with E-state index in [2.05, 4.69) is 16.0 Å². The third kappa shape index (κ3) is 3.07. The van der Waals surface area contributed by atoms with Gasteiger partial charge in [-0.2, -0.15) is 0 Å². The van der Waals surface area contributed by atoms with Gasteiger partial charge < -0.3 is 4.90 Å². The lowest BCUT2D eigenvalue weighted by atomic mass is 10.0. The minimum absolute atomic E-state index is 0.0250. The van der Waals surface area contributed by atoms with Crippen molar-refractivity contribution in [2.75, 3.05) is 7.05 Å². The van der Waals surface area contributed by atoms with Crippen LogP contribution in [0.25, 0.3) is 10.9 Å². The predicted octanol–water partition coefficient (Wildman–Crippen LogP) is 4.47. The number of aryl methyl sites for hydroxylation is 2. The maximum Gasteiger partial charge on any atom is 0.254 e. The van der Waals surface area contributed by atoms with E-state index in [0.717, 1.165) is 46.3 Å². The Morgan fingerprint density at radius 1 is 1.15 bits per heavy atom. The molecule has 3 aromatic rings. The normalized spacial score (nSPS) is 15.0. The van der Waals surface area contributed by atoms with Gasteiger partial charge in [-0.05, 0) is 62.9 Å². The average molecular weight is 345 g/mol. The minimum Gasteiger partial charge on any atom is -0.333 e. The summed E-state index contributed by atoms with van der Waals surface area (Å²) in [7, 11) is 1.90. The number of hydrogen-bond donors (Lipinski definition) is 0. The molecule has 1 fully saturated rings. The SMILES string of the molecule is Cc1ccc2nc(C)cc(C(=O)N(C)C(c3ccccn3)C3CC3)c2c1. The van der Waals surface area contributed by atoms with Crippen LogP contribution in [0.1, 0.15) is 46.2 Å². The van der Waals surface area contributed by atoms with Crippen LogP contribution >= 0.6 is 0 Å². The van der Waals surface area contributed by atoms with Crippen molar-refractivity contribution >= 4 is 16.8 Å². The quantitative estimate of drug-likeness (QED) is 0.701. The van der Waals surface area contributed by atoms with Crippen LogP contribution in [0.2, 0.25) is 0 Å². The number of carbonyl (C=O) groups is 1. The molecule has 132 valence electrons. The van der Waals surface area contributed by atoms with Gasteiger partial charge in [-0.25, -0.2) is 0 Å². The summed E-state index contributed by atoms with van der Waals surface area (Å²) < 4.78 is 0. The summed E-state index contributed by atoms with van der Waals surface area (Å²) >= 11 is 0. The monoisotopic (exact) mass is 345 g/mol. The predicted molar refractivity (Wildman–Crippen MR) is 103 cm³/mol. The number of aromatic nitrogens is 2. The van der Waals surface area contributed by atoms with Gasteiger partial charge >= 0.3 is 0 Å². The Morgan fingerprint density at radius 2 is 1.96 bits per heavy atom. The second-order valence-corrected chi connectivity index (χ2v) is 7.28. The molecule has 2 aromatic heterocycles. The van der Waals surface area contributed by atoms with Crippen LogP contribution < -0.4 is 0 Å². The van der Waals surface area contributed by atoms with Crippen LogP contribution in [0, 0.1) is 19.8 Å². The Hall–Kier alpha value is -2.75. The maximum atomic E-state index is 13.4. The van der Waals surface area contributed by atoms with Gasteiger partial charge in [0.15, 0.2) is 0 Å². The second-order valence-electron chi connectivity index (χ2n) is 7.28. The first-order valence-electron chi connectivity index (χ1n) is 9.10. The van der Waals surface area contributed by atoms with Crippen molar-refractivity contribution in [3.8, 4) is 0 Å². The van der Waals surface area contributed by atoms with Crippen molar-refractivity contribution in [2.24, 2.45) is 5.92 Å². The molecule has 0 aliphatic heterocycles. The van der Waals surface area contributed by atoms with Gasteiger partial charge in [0.05, 0.1) is 22.8 Å². The van der Waals surface area contributed by atoms with Gasteiger partial charge in [0.1, 0.15) is 0 Å². The molecule has 0 N–H and O–H groups in total. The molecule has 0 radical (unpaired) electrons. The molecule has 2 heterocycles. The summed E-state index contributed by atoms with van der Waals surface area (Å²) in [5.41, 5.74) is 4.55. The second kappa shape index (κ2) is 6.52. The molecule has 0 saturated heterocycles. The summed E-state index contributed by atoms with van der Waals surface area (Å²) in [6.45, 7) is 3.98. The molecule has 0 bridgehead atoms. The number of carbonyl (C=O) groups excluding carboxylic acids is 1. The number of nitrogens with zero attached hydrogens (tertiary/aromatic N) is 3. The van der Waals surface area contributed by atoms with Gasteiger partial charge in [-0.3, -0.25) is 14.8 Å². The fraction of sp³-hybridized carbons (Fsp3) is 0.318. The van der Waals surface area contributed by atoms with E-state index < -0.39 is 0 Å². The molecular weight excluding hydrogens is 322 g/mol. The summed E-state index contributed by atoms with van der Waals surface area (Å²) in [6, 6.07) is 13.9. The number of amides is 1. The van der Waals surface area contributed by atoms with Gasteiger partial charge in [-0.15, -0.1) is 0 Å². The van der Waals surface area contributed by atoms with Crippen LogP contribution in [-0.4, -0.2) is 27.8 Å². The first-order valence-corrected chi connectivity index (χ1v) is 9.10. The largest absolute Gasteiger partial charge is 0.333 e. The van der Waals surface area contributed by atoms with Crippen molar-refractivity contribution < 1.29 is 4.79 Å². The minimum atomic E-state index is 0.0250. The van der Waals surface area contributed by atoms with Gasteiger partial charge in [0.25, 0.3) is 5.91 Å². The molecule has 1 atom stereocenters. The Kier molecular flexibility index (Phi) is 4.19. The van der Waals surface area contributed by atoms with Crippen LogP contribution in [0.5, 0.6) is 0 Å². The molecule has 4 rings (SSSR count). The fourth-order valence-electron chi connectivity index (χ4n) is 3.68. The average Bonchev–Trinajstić information content (AvgIpc) is 3.47. The Morgan fingerprint density at radius 3 is 2.65 bits per heavy atom. The molecule has 4 heteroatoms. The van der Waals surface area contributed by atoms with Crippen molar-refractivity contribution in [3.05, 3.63) is 71.2 Å². The first kappa shape index (κ1) is 16.7. The topological polar surface area (TPSA) is 46.1 Å². The smallest absolute Gasteiger partial charge is 0.254 e. The highest BCUT2D eigenvalue weighted by Crippen LogP contribution is 2.44. The third-order valence-corrected chi connectivity index (χ3v) is 5.12. The van der Waals surface area contributed by atoms with E-state index in [0.29, 0.717) is 5.92 Å². The summed E-state index contributed by atoms with van der Waals surface area (Å²) in [4.78, 5) is 24.4. The number of benzene rings is 1. The van der Waals surface area contributed by atoms with E-state index in [-0.39, 0.29) is 11.9 Å². The van der Waals surface area contributed by atoms with Crippen LogP contribution in [0.3, 0.4) is 0 Å². The van der Waals surface area contributed by atoms with Gasteiger partial charge in [-0.1, -0.05) is 17.7 Å². The highest BCUT2D eigenvalue weighted by Gasteiger charge is 2.38. The van der Waals surface area contributed by atoms with Crippen LogP contribution in [0.15, 0.2) is 48.7 Å². The molecular formula is C22H23N3O. The molecule has 1 aromatic carbocycles. The van der Waals surface area contributed by atoms with Crippen molar-refractivity contribution in [1.82, 2.24) is 14.9 Å². The lowest BCUT2D eigenvalue weighted by molar-refractivity contribution is 0.0709. The molecule has 1 aliphatic rings. The molecule has 4 nitrogen and oxygen atoms in total. The molecule has 0 spiro atoms. The zero-order valence-corrected chi connectivity index (χ0v) is 15.4. The van der Waals surface area contributed by atoms with E-state index in [1.165, 1.54) is 0 Å². The van der Waals surface area contributed by atoms with Gasteiger partial charge in [0, 0.05) is 24.3 Å². The zero-order valence-electron chi connectivity index (χ0n) is 15.4. The highest BCUT2D eigenvalue weighted by atomic mass is 16.2. The highest BCUT2D eigenvalue weighted by molar-refractivity contribution is 6.06. The van der Waals surface area contributed by atoms with E-state index in [1.807, 2.05) is 62.2 Å². The molecule has 1 aliphatic carbocycles. The molecule has 1 unspecified atom stereocenters. The Labute approximate surface area is 153 Å². The first-order chi connectivity index (χ1) is 12.5. The molecule has 1 amide bonds. The Balaban J connectivity index is 1.77. The fourth-order valence-corrected chi connectivity index (χ4v) is 3.68. The summed E-state index contributed by atoms with van der Waals surface area (Å²) in [5.74, 6) is 0.531. The van der Waals surface area contributed by atoms with Gasteiger partial charge in [0.2, 0.25) is 0 Å². The van der Waals surface area contributed by atoms with Crippen molar-refractivity contribution in [1.29, 1.82) is 0 Å². The van der Waals surface area contributed by atoms with Crippen LogP contribution in [-0.2, 0) is 0 Å². The van der Waals surface area contributed by atoms with E-state index >= 15 is 0 Å². The molecule has 1 saturated carbocycles. The standard InChI is InChI=1S/C22H23N3O/c1-14-7-10-19-17(12-14)18(13-15(2)24-19)22(26)25(3)21(16-8-9-16)20-6-4-5-11-23-20/h4-7,10-13,16,21H,8-9H2,1-3H3. The third-order valence-electron chi connectivity index (χ3n) is 5.12. The van der Waals surface area contributed by atoms with E-state index in [9.17, 15) is 4.79 Å². The van der Waals surface area contributed by atoms with Crippen molar-refractivity contribution in [2.45, 2.75) is 32.7 Å². The Bertz CT molecular complexity index is 964. The lowest BCUT2D eigenvalue weighted by Gasteiger charge is -2.28. The lowest BCUT2D eigenvalue weighted by Crippen LogP contribution is -2.33. The maximum absolute atomic E-state index is 13.4. The van der Waals surface area contributed by atoms with Crippen LogP contribution in [0.4, 0.5) is 0 Å². The number of fused-ring (bicyclic) bond motifs is 1. The number of rotatable bonds is 4. The van der Waals surface area contributed by atoms with E-state index in [4.69, 9.17) is 0 Å². The molecule has 26 heavy (non-hydrogen) atoms. The number of hydrogen-bond acceptors (Lipinski definition) is 3.